The molecule has 43 heavy (non-hydrogen) atoms. The van der Waals surface area contributed by atoms with E-state index >= 15 is 0 Å². The van der Waals surface area contributed by atoms with Crippen LogP contribution in [0, 0.1) is 0 Å². The molecule has 0 saturated carbocycles. The number of amides is 2. The fourth-order valence-corrected chi connectivity index (χ4v) is 5.86. The molecule has 7 rings (SSSR count). The molecule has 5 heterocycles. The quantitative estimate of drug-likeness (QED) is 0.373. The largest absolute Gasteiger partial charge is 0.573 e. The lowest BCUT2D eigenvalue weighted by Crippen LogP contribution is -2.61. The van der Waals surface area contributed by atoms with Crippen molar-refractivity contribution in [2.75, 3.05) is 36.4 Å². The summed E-state index contributed by atoms with van der Waals surface area (Å²) in [6.45, 7) is 3.87. The summed E-state index contributed by atoms with van der Waals surface area (Å²) in [7, 11) is 0. The van der Waals surface area contributed by atoms with Crippen LogP contribution in [0.25, 0.3) is 16.6 Å². The molecule has 4 atom stereocenters. The Morgan fingerprint density at radius 1 is 1.12 bits per heavy atom. The van der Waals surface area contributed by atoms with E-state index in [0.29, 0.717) is 38.1 Å². The SMILES string of the molecule is CC(C(=O)Nc1cc(-n2cnc3cc(N4CC[C@H](NC(=O)O)C4)ccc3c2=O)ccc1OC(F)(F)F)N1CC2CC(C1)O2. The number of carboxylic acid groups (broad SMARTS) is 1. The molecule has 0 radical (unpaired) electrons. The molecule has 4 aliphatic heterocycles. The lowest BCUT2D eigenvalue weighted by atomic mass is 9.97. The van der Waals surface area contributed by atoms with Crippen molar-refractivity contribution in [2.24, 2.45) is 0 Å². The smallest absolute Gasteiger partial charge is 0.465 e. The first-order valence-corrected chi connectivity index (χ1v) is 13.8. The lowest BCUT2D eigenvalue weighted by Gasteiger charge is -2.48. The molecule has 1 aromatic heterocycles. The molecule has 3 aromatic rings. The van der Waals surface area contributed by atoms with Gasteiger partial charge in [0, 0.05) is 38.3 Å². The molecule has 4 fully saturated rings. The number of carbonyl (C=O) groups excluding carboxylic acids is 1. The van der Waals surface area contributed by atoms with E-state index in [0.717, 1.165) is 18.2 Å². The normalized spacial score (nSPS) is 22.6. The van der Waals surface area contributed by atoms with E-state index in [4.69, 9.17) is 9.84 Å². The number of hydrogen-bond donors (Lipinski definition) is 3. The third kappa shape index (κ3) is 6.08. The van der Waals surface area contributed by atoms with E-state index < -0.39 is 35.7 Å². The molecule has 3 N–H and O–H groups in total. The van der Waals surface area contributed by atoms with Crippen LogP contribution in [0.3, 0.4) is 0 Å². The van der Waals surface area contributed by atoms with Crippen LogP contribution in [0.5, 0.6) is 5.75 Å². The maximum Gasteiger partial charge on any atom is 0.573 e. The maximum absolute atomic E-state index is 13.4. The Morgan fingerprint density at radius 2 is 1.84 bits per heavy atom. The third-order valence-corrected chi connectivity index (χ3v) is 8.06. The van der Waals surface area contributed by atoms with Crippen molar-refractivity contribution < 1.29 is 37.3 Å². The van der Waals surface area contributed by atoms with Gasteiger partial charge in [-0.1, -0.05) is 0 Å². The van der Waals surface area contributed by atoms with Crippen molar-refractivity contribution >= 4 is 34.3 Å². The van der Waals surface area contributed by atoms with Gasteiger partial charge in [-0.3, -0.25) is 19.1 Å². The zero-order valence-electron chi connectivity index (χ0n) is 23.0. The van der Waals surface area contributed by atoms with Crippen molar-refractivity contribution in [2.45, 2.75) is 50.4 Å². The Hall–Kier alpha value is -4.37. The molecule has 2 bridgehead atoms. The minimum Gasteiger partial charge on any atom is -0.465 e. The number of nitrogens with zero attached hydrogens (tertiary/aromatic N) is 4. The number of hydrogen-bond acceptors (Lipinski definition) is 8. The Kier molecular flexibility index (Phi) is 7.38. The number of alkyl halides is 3. The average Bonchev–Trinajstić information content (AvgIpc) is 3.40. The van der Waals surface area contributed by atoms with Gasteiger partial charge in [-0.05, 0) is 49.7 Å². The second kappa shape index (κ2) is 11.0. The maximum atomic E-state index is 13.4. The molecular formula is C28H29F3N6O6. The van der Waals surface area contributed by atoms with Crippen LogP contribution in [0.2, 0.25) is 0 Å². The number of aromatic nitrogens is 2. The zero-order chi connectivity index (χ0) is 30.5. The van der Waals surface area contributed by atoms with Crippen molar-refractivity contribution in [3.63, 3.8) is 0 Å². The molecule has 12 nitrogen and oxygen atoms in total. The number of morpholine rings is 1. The second-order valence-electron chi connectivity index (χ2n) is 11.0. The molecule has 15 heteroatoms. The number of carbonyl (C=O) groups is 2. The van der Waals surface area contributed by atoms with Crippen LogP contribution >= 0.6 is 0 Å². The molecular weight excluding hydrogens is 573 g/mol. The Balaban J connectivity index is 1.26. The number of nitrogens with one attached hydrogen (secondary N) is 2. The number of halogens is 3. The molecule has 2 amide bonds. The van der Waals surface area contributed by atoms with E-state index in [1.165, 1.54) is 23.0 Å². The van der Waals surface area contributed by atoms with E-state index in [1.54, 1.807) is 25.1 Å². The summed E-state index contributed by atoms with van der Waals surface area (Å²) in [4.78, 5) is 45.8. The zero-order valence-corrected chi connectivity index (χ0v) is 23.0. The van der Waals surface area contributed by atoms with Gasteiger partial charge in [-0.2, -0.15) is 0 Å². The highest BCUT2D eigenvalue weighted by Gasteiger charge is 2.41. The summed E-state index contributed by atoms with van der Waals surface area (Å²) in [5, 5.41) is 14.3. The highest BCUT2D eigenvalue weighted by atomic mass is 19.4. The van der Waals surface area contributed by atoms with Crippen molar-refractivity contribution in [1.29, 1.82) is 0 Å². The van der Waals surface area contributed by atoms with Gasteiger partial charge < -0.3 is 30.1 Å². The van der Waals surface area contributed by atoms with Crippen LogP contribution < -0.4 is 25.8 Å². The van der Waals surface area contributed by atoms with Crippen LogP contribution in [-0.2, 0) is 9.53 Å². The molecule has 0 spiro atoms. The molecule has 228 valence electrons. The fraction of sp³-hybridized carbons (Fsp3) is 0.429. The van der Waals surface area contributed by atoms with Gasteiger partial charge >= 0.3 is 12.5 Å². The Morgan fingerprint density at radius 3 is 2.53 bits per heavy atom. The van der Waals surface area contributed by atoms with Gasteiger partial charge in [0.15, 0.2) is 5.75 Å². The molecule has 4 saturated heterocycles. The first kappa shape index (κ1) is 28.7. The summed E-state index contributed by atoms with van der Waals surface area (Å²) in [6, 6.07) is 7.78. The van der Waals surface area contributed by atoms with Gasteiger partial charge in [0.25, 0.3) is 5.56 Å². The first-order valence-electron chi connectivity index (χ1n) is 13.8. The van der Waals surface area contributed by atoms with Gasteiger partial charge in [0.2, 0.25) is 5.91 Å². The van der Waals surface area contributed by atoms with Gasteiger partial charge in [-0.25, -0.2) is 9.78 Å². The highest BCUT2D eigenvalue weighted by molar-refractivity contribution is 5.96. The van der Waals surface area contributed by atoms with Crippen LogP contribution in [0.4, 0.5) is 29.3 Å². The number of fused-ring (bicyclic) bond motifs is 3. The minimum absolute atomic E-state index is 0.0472. The van der Waals surface area contributed by atoms with Gasteiger partial charge in [0.05, 0.1) is 46.6 Å². The fourth-order valence-electron chi connectivity index (χ4n) is 5.86. The van der Waals surface area contributed by atoms with Gasteiger partial charge in [0.1, 0.15) is 6.33 Å². The standard InChI is InChI=1S/C28H29F3N6O6/c1-15(36-12-19-10-20(13-36)42-19)25(38)34-23-9-18(3-5-24(23)43-28(29,30)31)37-14-32-22-8-17(2-4-21(22)26(37)39)35-7-6-16(11-35)33-27(40)41/h2-5,8-9,14-16,19-20,33H,6-7,10-13H2,1H3,(H,34,38)(H,40,41)/t15?,16-,19?,20?/m0/s1. The monoisotopic (exact) mass is 602 g/mol. The van der Waals surface area contributed by atoms with E-state index in [2.05, 4.69) is 20.4 Å². The molecule has 0 aliphatic carbocycles. The Labute approximate surface area is 243 Å². The van der Waals surface area contributed by atoms with Crippen LogP contribution in [-0.4, -0.2) is 88.4 Å². The van der Waals surface area contributed by atoms with E-state index in [-0.39, 0.29) is 35.0 Å². The summed E-state index contributed by atoms with van der Waals surface area (Å²) in [6.07, 6.45) is -3.17. The highest BCUT2D eigenvalue weighted by Crippen LogP contribution is 2.34. The predicted octanol–water partition coefficient (Wildman–Crippen LogP) is 2.93. The average molecular weight is 603 g/mol. The number of ether oxygens (including phenoxy) is 2. The van der Waals surface area contributed by atoms with Crippen molar-refractivity contribution in [1.82, 2.24) is 19.8 Å². The lowest BCUT2D eigenvalue weighted by molar-refractivity contribution is -0.274. The number of anilines is 2. The molecule has 4 aliphatic rings. The van der Waals surface area contributed by atoms with Crippen LogP contribution in [0.1, 0.15) is 19.8 Å². The van der Waals surface area contributed by atoms with Crippen LogP contribution in [0.15, 0.2) is 47.5 Å². The predicted molar refractivity (Wildman–Crippen MR) is 149 cm³/mol. The van der Waals surface area contributed by atoms with E-state index in [1.807, 2.05) is 9.80 Å². The first-order chi connectivity index (χ1) is 20.4. The van der Waals surface area contributed by atoms with Crippen molar-refractivity contribution in [3.05, 3.63) is 53.1 Å². The molecule has 3 unspecified atom stereocenters. The number of benzene rings is 2. The summed E-state index contributed by atoms with van der Waals surface area (Å²) in [5.41, 5.74) is 0.640. The number of rotatable bonds is 7. The summed E-state index contributed by atoms with van der Waals surface area (Å²) >= 11 is 0. The molecule has 2 aromatic carbocycles. The Bertz CT molecular complexity index is 1610. The number of piperidine rings is 1. The third-order valence-electron chi connectivity index (χ3n) is 8.06. The summed E-state index contributed by atoms with van der Waals surface area (Å²) in [5.74, 6) is -1.14. The van der Waals surface area contributed by atoms with Crippen molar-refractivity contribution in [3.8, 4) is 11.4 Å². The van der Waals surface area contributed by atoms with Gasteiger partial charge in [-0.15, -0.1) is 13.2 Å². The topological polar surface area (TPSA) is 138 Å². The second-order valence-corrected chi connectivity index (χ2v) is 11.0. The summed E-state index contributed by atoms with van der Waals surface area (Å²) < 4.78 is 50.5. The van der Waals surface area contributed by atoms with E-state index in [9.17, 15) is 27.6 Å². The minimum atomic E-state index is -5.00.